The van der Waals surface area contributed by atoms with Gasteiger partial charge in [-0.2, -0.15) is 0 Å². The number of halogens is 1. The molecule has 31 heavy (non-hydrogen) atoms. The second-order valence-corrected chi connectivity index (χ2v) is 9.57. The summed E-state index contributed by atoms with van der Waals surface area (Å²) >= 11 is 0. The maximum atomic E-state index is 13.8. The Balaban J connectivity index is 2.08. The van der Waals surface area contributed by atoms with Crippen LogP contribution in [0.5, 0.6) is 0 Å². The molecule has 2 rings (SSSR count). The van der Waals surface area contributed by atoms with Gasteiger partial charge in [-0.25, -0.2) is 14.0 Å². The molecule has 1 aromatic rings. The van der Waals surface area contributed by atoms with Crippen LogP contribution in [0.25, 0.3) is 0 Å². The van der Waals surface area contributed by atoms with E-state index in [9.17, 15) is 18.8 Å². The Morgan fingerprint density at radius 2 is 1.65 bits per heavy atom. The van der Waals surface area contributed by atoms with E-state index in [1.807, 2.05) is 0 Å². The highest BCUT2D eigenvalue weighted by molar-refractivity contribution is 5.99. The molecule has 0 aliphatic carbocycles. The Labute approximate surface area is 182 Å². The number of benzene rings is 1. The van der Waals surface area contributed by atoms with Crippen LogP contribution in [0, 0.1) is 11.7 Å². The van der Waals surface area contributed by atoms with E-state index in [1.54, 1.807) is 41.5 Å². The van der Waals surface area contributed by atoms with Crippen molar-refractivity contribution in [3.63, 3.8) is 0 Å². The summed E-state index contributed by atoms with van der Waals surface area (Å²) in [5.74, 6) is -1.42. The highest BCUT2D eigenvalue weighted by atomic mass is 19.1. The number of anilines is 2. The molecule has 8 nitrogen and oxygen atoms in total. The predicted octanol–water partition coefficient (Wildman–Crippen LogP) is 4.76. The third kappa shape index (κ3) is 8.07. The van der Waals surface area contributed by atoms with Crippen LogP contribution in [-0.2, 0) is 14.3 Å². The van der Waals surface area contributed by atoms with E-state index in [2.05, 4.69) is 10.6 Å². The van der Waals surface area contributed by atoms with Crippen molar-refractivity contribution in [1.82, 2.24) is 4.90 Å². The summed E-state index contributed by atoms with van der Waals surface area (Å²) in [5.41, 5.74) is -1.01. The number of amides is 3. The van der Waals surface area contributed by atoms with Crippen molar-refractivity contribution < 1.29 is 28.2 Å². The molecule has 1 atom stereocenters. The van der Waals surface area contributed by atoms with Crippen LogP contribution in [0.2, 0.25) is 0 Å². The number of carbonyl (C=O) groups is 3. The average Bonchev–Trinajstić information content (AvgIpc) is 2.61. The average molecular weight is 438 g/mol. The predicted molar refractivity (Wildman–Crippen MR) is 115 cm³/mol. The van der Waals surface area contributed by atoms with Gasteiger partial charge in [0.25, 0.3) is 0 Å². The van der Waals surface area contributed by atoms with Gasteiger partial charge >= 0.3 is 12.2 Å². The smallest absolute Gasteiger partial charge is 0.412 e. The van der Waals surface area contributed by atoms with Crippen molar-refractivity contribution in [1.29, 1.82) is 0 Å². The summed E-state index contributed by atoms with van der Waals surface area (Å²) in [4.78, 5) is 38.8. The van der Waals surface area contributed by atoms with Crippen LogP contribution in [0.4, 0.5) is 25.4 Å². The number of carbonyl (C=O) groups excluding carboxylic acids is 3. The van der Waals surface area contributed by atoms with Crippen molar-refractivity contribution in [3.8, 4) is 0 Å². The second-order valence-electron chi connectivity index (χ2n) is 9.57. The van der Waals surface area contributed by atoms with Gasteiger partial charge in [0, 0.05) is 13.1 Å². The maximum absolute atomic E-state index is 13.8. The van der Waals surface area contributed by atoms with Crippen LogP contribution in [-0.4, -0.2) is 47.3 Å². The van der Waals surface area contributed by atoms with Crippen LogP contribution in [0.15, 0.2) is 18.2 Å². The number of nitrogens with one attached hydrogen (secondary N) is 2. The summed E-state index contributed by atoms with van der Waals surface area (Å²) in [6.45, 7) is 11.2. The monoisotopic (exact) mass is 437 g/mol. The third-order valence-corrected chi connectivity index (χ3v) is 4.32. The van der Waals surface area contributed by atoms with E-state index in [1.165, 1.54) is 17.0 Å². The van der Waals surface area contributed by atoms with E-state index in [0.29, 0.717) is 19.4 Å². The zero-order valence-electron chi connectivity index (χ0n) is 19.0. The van der Waals surface area contributed by atoms with Crippen LogP contribution in [0.3, 0.4) is 0 Å². The number of hydrogen-bond acceptors (Lipinski definition) is 5. The summed E-state index contributed by atoms with van der Waals surface area (Å²) in [6, 6.07) is 3.65. The van der Waals surface area contributed by atoms with Gasteiger partial charge in [0.15, 0.2) is 0 Å². The highest BCUT2D eigenvalue weighted by Gasteiger charge is 2.31. The fourth-order valence-corrected chi connectivity index (χ4v) is 3.06. The molecule has 1 heterocycles. The molecule has 9 heteroatoms. The fraction of sp³-hybridized carbons (Fsp3) is 0.591. The Bertz CT molecular complexity index is 829. The maximum Gasteiger partial charge on any atom is 0.412 e. The number of hydrogen-bond donors (Lipinski definition) is 2. The van der Waals surface area contributed by atoms with E-state index >= 15 is 0 Å². The van der Waals surface area contributed by atoms with E-state index in [0.717, 1.165) is 6.07 Å². The second kappa shape index (κ2) is 9.53. The molecule has 2 N–H and O–H groups in total. The summed E-state index contributed by atoms with van der Waals surface area (Å²) in [6.07, 6.45) is 0.0325. The Hall–Kier alpha value is -2.84. The minimum absolute atomic E-state index is 0.116. The Morgan fingerprint density at radius 1 is 1.00 bits per heavy atom. The normalized spacial score (nSPS) is 17.0. The molecule has 0 spiro atoms. The van der Waals surface area contributed by atoms with Crippen molar-refractivity contribution in [2.45, 2.75) is 65.6 Å². The zero-order valence-corrected chi connectivity index (χ0v) is 19.0. The molecule has 0 bridgehead atoms. The molecule has 1 aromatic carbocycles. The number of ether oxygens (including phenoxy) is 2. The highest BCUT2D eigenvalue weighted by Crippen LogP contribution is 2.26. The number of nitrogens with zero attached hydrogens (tertiary/aromatic N) is 1. The van der Waals surface area contributed by atoms with Gasteiger partial charge in [0.2, 0.25) is 5.91 Å². The first-order valence-electron chi connectivity index (χ1n) is 10.3. The summed E-state index contributed by atoms with van der Waals surface area (Å²) in [5, 5.41) is 5.20. The molecule has 172 valence electrons. The summed E-state index contributed by atoms with van der Waals surface area (Å²) < 4.78 is 24.4. The lowest BCUT2D eigenvalue weighted by Crippen LogP contribution is -2.45. The van der Waals surface area contributed by atoms with Gasteiger partial charge in [-0.05, 0) is 72.6 Å². The number of piperidine rings is 1. The SMILES string of the molecule is CC(C)(C)OC(=O)Nc1ccc(F)cc1NC(=O)C1CCCN(C(=O)OC(C)(C)C)C1. The largest absolute Gasteiger partial charge is 0.444 e. The van der Waals surface area contributed by atoms with Gasteiger partial charge in [-0.3, -0.25) is 10.1 Å². The van der Waals surface area contributed by atoms with E-state index in [4.69, 9.17) is 9.47 Å². The first-order valence-corrected chi connectivity index (χ1v) is 10.3. The van der Waals surface area contributed by atoms with Crippen molar-refractivity contribution in [2.24, 2.45) is 5.92 Å². The standard InChI is InChI=1S/C22H32FN3O5/c1-21(2,3)30-19(28)25-16-10-9-15(23)12-17(16)24-18(27)14-8-7-11-26(13-14)20(29)31-22(4,5)6/h9-10,12,14H,7-8,11,13H2,1-6H3,(H,24,27)(H,25,28). The van der Waals surface area contributed by atoms with Gasteiger partial charge in [-0.15, -0.1) is 0 Å². The first-order chi connectivity index (χ1) is 14.2. The van der Waals surface area contributed by atoms with E-state index < -0.39 is 35.1 Å². The van der Waals surface area contributed by atoms with Gasteiger partial charge in [-0.1, -0.05) is 0 Å². The molecule has 3 amide bonds. The third-order valence-electron chi connectivity index (χ3n) is 4.32. The molecule has 0 saturated carbocycles. The molecular weight excluding hydrogens is 405 g/mol. The summed E-state index contributed by atoms with van der Waals surface area (Å²) in [7, 11) is 0. The topological polar surface area (TPSA) is 97.0 Å². The Kier molecular flexibility index (Phi) is 7.51. The number of likely N-dealkylation sites (tertiary alicyclic amines) is 1. The van der Waals surface area contributed by atoms with Crippen LogP contribution >= 0.6 is 0 Å². The van der Waals surface area contributed by atoms with Crippen molar-refractivity contribution in [2.75, 3.05) is 23.7 Å². The molecular formula is C22H32FN3O5. The molecule has 1 unspecified atom stereocenters. The van der Waals surface area contributed by atoms with Crippen LogP contribution in [0.1, 0.15) is 54.4 Å². The molecule has 1 aliphatic rings. The minimum atomic E-state index is -0.719. The fourth-order valence-electron chi connectivity index (χ4n) is 3.06. The van der Waals surface area contributed by atoms with Crippen molar-refractivity contribution >= 4 is 29.5 Å². The quantitative estimate of drug-likeness (QED) is 0.711. The molecule has 1 aliphatic heterocycles. The van der Waals surface area contributed by atoms with Crippen molar-refractivity contribution in [3.05, 3.63) is 24.0 Å². The van der Waals surface area contributed by atoms with Gasteiger partial charge in [0.1, 0.15) is 17.0 Å². The Morgan fingerprint density at radius 3 is 2.26 bits per heavy atom. The van der Waals surface area contributed by atoms with Gasteiger partial charge in [0.05, 0.1) is 17.3 Å². The lowest BCUT2D eigenvalue weighted by molar-refractivity contribution is -0.121. The first kappa shape index (κ1) is 24.4. The van der Waals surface area contributed by atoms with E-state index in [-0.39, 0.29) is 23.8 Å². The minimum Gasteiger partial charge on any atom is -0.444 e. The lowest BCUT2D eigenvalue weighted by Gasteiger charge is -2.33. The zero-order chi connectivity index (χ0) is 23.4. The molecule has 0 aromatic heterocycles. The lowest BCUT2D eigenvalue weighted by atomic mass is 9.97. The van der Waals surface area contributed by atoms with Gasteiger partial charge < -0.3 is 19.7 Å². The molecule has 0 radical (unpaired) electrons. The molecule has 1 fully saturated rings. The molecule has 1 saturated heterocycles. The number of rotatable bonds is 3. The van der Waals surface area contributed by atoms with Crippen LogP contribution < -0.4 is 10.6 Å².